The molecule has 0 fully saturated rings. The summed E-state index contributed by atoms with van der Waals surface area (Å²) in [5.41, 5.74) is 0.777. The number of aromatic nitrogens is 2. The van der Waals surface area contributed by atoms with E-state index in [1.165, 1.54) is 6.33 Å². The van der Waals surface area contributed by atoms with Gasteiger partial charge < -0.3 is 9.47 Å². The lowest BCUT2D eigenvalue weighted by atomic mass is 10.1. The Morgan fingerprint density at radius 3 is 2.39 bits per heavy atom. The van der Waals surface area contributed by atoms with Crippen molar-refractivity contribution in [2.24, 2.45) is 0 Å². The van der Waals surface area contributed by atoms with Gasteiger partial charge in [-0.25, -0.2) is 9.97 Å². The van der Waals surface area contributed by atoms with Crippen molar-refractivity contribution in [2.45, 2.75) is 32.4 Å². The predicted octanol–water partition coefficient (Wildman–Crippen LogP) is 1.39. The zero-order valence-corrected chi connectivity index (χ0v) is 11.1. The summed E-state index contributed by atoms with van der Waals surface area (Å²) in [7, 11) is 3.13. The van der Waals surface area contributed by atoms with Crippen LogP contribution in [0.25, 0.3) is 0 Å². The molecular formula is C13H19N3O2. The lowest BCUT2D eigenvalue weighted by Gasteiger charge is -2.15. The fourth-order valence-electron chi connectivity index (χ4n) is 1.64. The predicted molar refractivity (Wildman–Crippen MR) is 69.5 cm³/mol. The van der Waals surface area contributed by atoms with Gasteiger partial charge in [-0.1, -0.05) is 19.3 Å². The van der Waals surface area contributed by atoms with Crippen LogP contribution in [0.15, 0.2) is 6.33 Å². The number of rotatable bonds is 7. The third kappa shape index (κ3) is 3.60. The van der Waals surface area contributed by atoms with E-state index in [9.17, 15) is 0 Å². The first kappa shape index (κ1) is 14.3. The number of ether oxygens (including phenoxy) is 2. The van der Waals surface area contributed by atoms with Gasteiger partial charge in [0.05, 0.1) is 25.8 Å². The molecule has 5 heteroatoms. The number of terminal acetylenes is 1. The van der Waals surface area contributed by atoms with Gasteiger partial charge in [-0.2, -0.15) is 0 Å². The minimum absolute atomic E-state index is 0.0321. The van der Waals surface area contributed by atoms with Crippen molar-refractivity contribution in [3.63, 3.8) is 0 Å². The summed E-state index contributed by atoms with van der Waals surface area (Å²) in [6.07, 6.45) is 8.82. The highest BCUT2D eigenvalue weighted by atomic mass is 16.5. The van der Waals surface area contributed by atoms with Crippen LogP contribution in [0.4, 0.5) is 0 Å². The molecule has 0 aliphatic carbocycles. The van der Waals surface area contributed by atoms with Gasteiger partial charge in [-0.05, 0) is 6.42 Å². The molecule has 0 aliphatic heterocycles. The minimum atomic E-state index is 0.0321. The average Bonchev–Trinajstić information content (AvgIpc) is 2.42. The van der Waals surface area contributed by atoms with Crippen LogP contribution in [0.1, 0.15) is 25.3 Å². The first-order valence-corrected chi connectivity index (χ1v) is 5.88. The highest BCUT2D eigenvalue weighted by molar-refractivity contribution is 5.34. The van der Waals surface area contributed by atoms with Gasteiger partial charge in [0.1, 0.15) is 6.33 Å². The summed E-state index contributed by atoms with van der Waals surface area (Å²) in [4.78, 5) is 8.10. The number of methoxy groups -OCH3 is 2. The highest BCUT2D eigenvalue weighted by Gasteiger charge is 2.14. The lowest BCUT2D eigenvalue weighted by Crippen LogP contribution is -2.27. The van der Waals surface area contributed by atoms with Crippen molar-refractivity contribution < 1.29 is 9.47 Å². The molecular weight excluding hydrogens is 230 g/mol. The second kappa shape index (κ2) is 7.51. The molecule has 0 saturated heterocycles. The minimum Gasteiger partial charge on any atom is -0.481 e. The fourth-order valence-corrected chi connectivity index (χ4v) is 1.64. The van der Waals surface area contributed by atoms with E-state index >= 15 is 0 Å². The fraction of sp³-hybridized carbons (Fsp3) is 0.538. The molecule has 1 aromatic rings. The number of nitrogens with zero attached hydrogens (tertiary/aromatic N) is 2. The van der Waals surface area contributed by atoms with E-state index in [4.69, 9.17) is 15.9 Å². The first-order chi connectivity index (χ1) is 8.76. The van der Waals surface area contributed by atoms with Gasteiger partial charge in [-0.15, -0.1) is 6.42 Å². The Labute approximate surface area is 108 Å². The van der Waals surface area contributed by atoms with Crippen LogP contribution in [0, 0.1) is 12.3 Å². The highest BCUT2D eigenvalue weighted by Crippen LogP contribution is 2.23. The summed E-state index contributed by atoms with van der Waals surface area (Å²) in [6.45, 7) is 2.61. The van der Waals surface area contributed by atoms with Crippen molar-refractivity contribution in [3.8, 4) is 24.1 Å². The van der Waals surface area contributed by atoms with Gasteiger partial charge in [0.15, 0.2) is 0 Å². The molecule has 1 unspecified atom stereocenters. The molecule has 0 radical (unpaired) electrons. The van der Waals surface area contributed by atoms with Crippen molar-refractivity contribution in [1.29, 1.82) is 0 Å². The van der Waals surface area contributed by atoms with Gasteiger partial charge >= 0.3 is 0 Å². The second-order valence-corrected chi connectivity index (χ2v) is 3.76. The Bertz CT molecular complexity index is 393. The second-order valence-electron chi connectivity index (χ2n) is 3.76. The topological polar surface area (TPSA) is 56.3 Å². The molecule has 1 atom stereocenters. The molecule has 5 nitrogen and oxygen atoms in total. The summed E-state index contributed by atoms with van der Waals surface area (Å²) in [6, 6.07) is 0.0321. The van der Waals surface area contributed by atoms with E-state index in [-0.39, 0.29) is 6.04 Å². The van der Waals surface area contributed by atoms with E-state index in [1.54, 1.807) is 14.2 Å². The summed E-state index contributed by atoms with van der Waals surface area (Å²) >= 11 is 0. The zero-order chi connectivity index (χ0) is 13.4. The molecule has 0 spiro atoms. The Morgan fingerprint density at radius 2 is 1.94 bits per heavy atom. The number of hydrogen-bond donors (Lipinski definition) is 1. The largest absolute Gasteiger partial charge is 0.481 e. The van der Waals surface area contributed by atoms with Crippen LogP contribution in [0.5, 0.6) is 11.8 Å². The average molecular weight is 249 g/mol. The van der Waals surface area contributed by atoms with Crippen molar-refractivity contribution in [2.75, 3.05) is 14.2 Å². The van der Waals surface area contributed by atoms with Crippen LogP contribution in [-0.4, -0.2) is 30.2 Å². The summed E-state index contributed by atoms with van der Waals surface area (Å²) in [5, 5.41) is 3.26. The Kier molecular flexibility index (Phi) is 5.95. The molecule has 1 heterocycles. The monoisotopic (exact) mass is 249 g/mol. The molecule has 18 heavy (non-hydrogen) atoms. The van der Waals surface area contributed by atoms with E-state index in [0.29, 0.717) is 18.3 Å². The van der Waals surface area contributed by atoms with E-state index < -0.39 is 0 Å². The lowest BCUT2D eigenvalue weighted by molar-refractivity contribution is 0.358. The molecule has 0 saturated carbocycles. The first-order valence-electron chi connectivity index (χ1n) is 5.88. The van der Waals surface area contributed by atoms with Crippen molar-refractivity contribution in [3.05, 3.63) is 11.9 Å². The molecule has 1 aromatic heterocycles. The molecule has 0 amide bonds. The van der Waals surface area contributed by atoms with Gasteiger partial charge in [-0.3, -0.25) is 5.32 Å². The van der Waals surface area contributed by atoms with Crippen LogP contribution < -0.4 is 14.8 Å². The van der Waals surface area contributed by atoms with Crippen LogP contribution in [-0.2, 0) is 6.54 Å². The van der Waals surface area contributed by atoms with Gasteiger partial charge in [0, 0.05) is 6.54 Å². The normalized spacial score (nSPS) is 11.7. The molecule has 0 aliphatic rings. The standard InChI is InChI=1S/C13H19N3O2/c1-5-7-10(6-2)14-8-11-12(17-3)15-9-16-13(11)18-4/h2,9-10,14H,5,7-8H2,1,3-4H3. The summed E-state index contributed by atoms with van der Waals surface area (Å²) in [5.74, 6) is 3.72. The van der Waals surface area contributed by atoms with Gasteiger partial charge in [0.25, 0.3) is 0 Å². The molecule has 0 bridgehead atoms. The third-order valence-electron chi connectivity index (χ3n) is 2.56. The molecule has 1 N–H and O–H groups in total. The third-order valence-corrected chi connectivity index (χ3v) is 2.56. The maximum atomic E-state index is 5.46. The van der Waals surface area contributed by atoms with E-state index in [1.807, 2.05) is 0 Å². The van der Waals surface area contributed by atoms with Gasteiger partial charge in [0.2, 0.25) is 11.8 Å². The Hall–Kier alpha value is -1.80. The Balaban J connectivity index is 2.79. The molecule has 98 valence electrons. The van der Waals surface area contributed by atoms with Crippen molar-refractivity contribution in [1.82, 2.24) is 15.3 Å². The van der Waals surface area contributed by atoms with Crippen LogP contribution in [0.3, 0.4) is 0 Å². The molecule has 1 rings (SSSR count). The Morgan fingerprint density at radius 1 is 1.33 bits per heavy atom. The maximum absolute atomic E-state index is 5.46. The zero-order valence-electron chi connectivity index (χ0n) is 11.1. The van der Waals surface area contributed by atoms with E-state index in [0.717, 1.165) is 18.4 Å². The smallest absolute Gasteiger partial charge is 0.224 e. The van der Waals surface area contributed by atoms with Crippen molar-refractivity contribution >= 4 is 0 Å². The van der Waals surface area contributed by atoms with E-state index in [2.05, 4.69) is 28.1 Å². The summed E-state index contributed by atoms with van der Waals surface area (Å²) < 4.78 is 10.4. The van der Waals surface area contributed by atoms with Crippen LogP contribution in [0.2, 0.25) is 0 Å². The number of nitrogens with one attached hydrogen (secondary N) is 1. The quantitative estimate of drug-likeness (QED) is 0.740. The number of hydrogen-bond acceptors (Lipinski definition) is 5. The SMILES string of the molecule is C#CC(CCC)NCc1c(OC)ncnc1OC. The molecule has 0 aromatic carbocycles. The van der Waals surface area contributed by atoms with Crippen LogP contribution >= 0.6 is 0 Å². The maximum Gasteiger partial charge on any atom is 0.224 e.